The fourth-order valence-corrected chi connectivity index (χ4v) is 3.00. The van der Waals surface area contributed by atoms with Crippen molar-refractivity contribution in [1.29, 1.82) is 0 Å². The minimum atomic E-state index is 0.286. The lowest BCUT2D eigenvalue weighted by atomic mass is 9.90. The zero-order valence-electron chi connectivity index (χ0n) is 11.4. The number of piperazine rings is 1. The molecule has 1 fully saturated rings. The average molecular weight is 237 g/mol. The molecule has 3 heteroatoms. The Morgan fingerprint density at radius 3 is 2.88 bits per heavy atom. The molecule has 2 rings (SSSR count). The number of hydrogen-bond donors (Lipinski definition) is 1. The van der Waals surface area contributed by atoms with Gasteiger partial charge in [-0.3, -0.25) is 0 Å². The van der Waals surface area contributed by atoms with Gasteiger partial charge in [-0.25, -0.2) is 0 Å². The van der Waals surface area contributed by atoms with E-state index in [4.69, 9.17) is 5.73 Å². The molecule has 0 aromatic heterocycles. The smallest absolute Gasteiger partial charge is 0.0269 e. The van der Waals surface area contributed by atoms with E-state index in [0.29, 0.717) is 6.04 Å². The van der Waals surface area contributed by atoms with E-state index in [-0.39, 0.29) is 6.04 Å². The van der Waals surface area contributed by atoms with Crippen LogP contribution in [0.4, 0.5) is 0 Å². The van der Waals surface area contributed by atoms with Gasteiger partial charge in [-0.05, 0) is 46.2 Å². The van der Waals surface area contributed by atoms with E-state index in [0.717, 1.165) is 13.0 Å². The monoisotopic (exact) mass is 237 g/mol. The zero-order valence-corrected chi connectivity index (χ0v) is 11.4. The van der Waals surface area contributed by atoms with Crippen molar-refractivity contribution >= 4 is 0 Å². The van der Waals surface area contributed by atoms with Gasteiger partial charge >= 0.3 is 0 Å². The molecular formula is C14H27N3. The minimum absolute atomic E-state index is 0.286. The number of nitrogens with two attached hydrogens (primary N) is 1. The van der Waals surface area contributed by atoms with E-state index in [1.54, 1.807) is 0 Å². The van der Waals surface area contributed by atoms with Gasteiger partial charge in [0.15, 0.2) is 0 Å². The van der Waals surface area contributed by atoms with Crippen LogP contribution >= 0.6 is 0 Å². The van der Waals surface area contributed by atoms with Gasteiger partial charge in [0, 0.05) is 31.7 Å². The highest BCUT2D eigenvalue weighted by Crippen LogP contribution is 2.23. The van der Waals surface area contributed by atoms with Crippen molar-refractivity contribution in [3.05, 3.63) is 11.6 Å². The Morgan fingerprint density at radius 1 is 1.35 bits per heavy atom. The highest BCUT2D eigenvalue weighted by atomic mass is 15.3. The van der Waals surface area contributed by atoms with Gasteiger partial charge in [-0.1, -0.05) is 11.6 Å². The first kappa shape index (κ1) is 13.1. The molecule has 2 atom stereocenters. The molecule has 0 aromatic carbocycles. The van der Waals surface area contributed by atoms with E-state index in [1.807, 2.05) is 0 Å². The van der Waals surface area contributed by atoms with E-state index in [1.165, 1.54) is 44.3 Å². The number of hydrogen-bond acceptors (Lipinski definition) is 3. The van der Waals surface area contributed by atoms with Crippen molar-refractivity contribution in [3.63, 3.8) is 0 Å². The predicted molar refractivity (Wildman–Crippen MR) is 73.1 cm³/mol. The molecule has 2 unspecified atom stereocenters. The molecule has 0 spiro atoms. The van der Waals surface area contributed by atoms with Gasteiger partial charge in [-0.2, -0.15) is 0 Å². The van der Waals surface area contributed by atoms with E-state index >= 15 is 0 Å². The van der Waals surface area contributed by atoms with Gasteiger partial charge in [-0.15, -0.1) is 0 Å². The van der Waals surface area contributed by atoms with Crippen LogP contribution in [0.5, 0.6) is 0 Å². The molecule has 1 saturated heterocycles. The van der Waals surface area contributed by atoms with Crippen LogP contribution in [0.15, 0.2) is 11.6 Å². The normalized spacial score (nSPS) is 30.1. The van der Waals surface area contributed by atoms with Crippen molar-refractivity contribution in [2.45, 2.75) is 44.2 Å². The number of likely N-dealkylation sites (N-methyl/N-ethyl adjacent to an activating group) is 2. The number of allylic oxidation sites excluding steroid dienone is 1. The maximum Gasteiger partial charge on any atom is 0.0269 e. The zero-order chi connectivity index (χ0) is 12.3. The van der Waals surface area contributed by atoms with Gasteiger partial charge in [0.05, 0.1) is 0 Å². The topological polar surface area (TPSA) is 32.5 Å². The maximum absolute atomic E-state index is 6.37. The molecule has 2 N–H and O–H groups in total. The van der Waals surface area contributed by atoms with Crippen LogP contribution in [0.25, 0.3) is 0 Å². The summed E-state index contributed by atoms with van der Waals surface area (Å²) in [5.74, 6) is 0. The largest absolute Gasteiger partial charge is 0.324 e. The summed E-state index contributed by atoms with van der Waals surface area (Å²) in [5, 5.41) is 0. The lowest BCUT2D eigenvalue weighted by molar-refractivity contribution is 0.106. The van der Waals surface area contributed by atoms with Crippen LogP contribution in [0.3, 0.4) is 0 Å². The Balaban J connectivity index is 1.88. The predicted octanol–water partition coefficient (Wildman–Crippen LogP) is 1.45. The summed E-state index contributed by atoms with van der Waals surface area (Å²) in [6.07, 6.45) is 8.66. The summed E-state index contributed by atoms with van der Waals surface area (Å²) in [7, 11) is 4.45. The Hall–Kier alpha value is -0.380. The highest BCUT2D eigenvalue weighted by Gasteiger charge is 2.25. The highest BCUT2D eigenvalue weighted by molar-refractivity contribution is 5.13. The van der Waals surface area contributed by atoms with Crippen molar-refractivity contribution in [2.75, 3.05) is 33.7 Å². The summed E-state index contributed by atoms with van der Waals surface area (Å²) >= 11 is 0. The van der Waals surface area contributed by atoms with Crippen LogP contribution in [0, 0.1) is 0 Å². The first-order chi connectivity index (χ1) is 8.16. The second-order valence-electron chi connectivity index (χ2n) is 5.76. The van der Waals surface area contributed by atoms with Crippen LogP contribution in [0.2, 0.25) is 0 Å². The molecule has 1 aliphatic carbocycles. The first-order valence-corrected chi connectivity index (χ1v) is 7.00. The summed E-state index contributed by atoms with van der Waals surface area (Å²) in [4.78, 5) is 4.90. The molecule has 3 nitrogen and oxygen atoms in total. The van der Waals surface area contributed by atoms with Gasteiger partial charge in [0.2, 0.25) is 0 Å². The van der Waals surface area contributed by atoms with Crippen molar-refractivity contribution in [1.82, 2.24) is 9.80 Å². The Morgan fingerprint density at radius 2 is 2.18 bits per heavy atom. The van der Waals surface area contributed by atoms with Crippen molar-refractivity contribution in [2.24, 2.45) is 5.73 Å². The molecule has 0 radical (unpaired) electrons. The van der Waals surface area contributed by atoms with Gasteiger partial charge in [0.1, 0.15) is 0 Å². The lowest BCUT2D eigenvalue weighted by Crippen LogP contribution is -2.51. The third kappa shape index (κ3) is 3.54. The summed E-state index contributed by atoms with van der Waals surface area (Å²) in [5.41, 5.74) is 7.89. The first-order valence-electron chi connectivity index (χ1n) is 7.00. The average Bonchev–Trinajstić information content (AvgIpc) is 2.35. The summed E-state index contributed by atoms with van der Waals surface area (Å²) in [6.45, 7) is 3.52. The Bertz CT molecular complexity index is 275. The fraction of sp³-hybridized carbons (Fsp3) is 0.857. The Kier molecular flexibility index (Phi) is 4.60. The van der Waals surface area contributed by atoms with Crippen LogP contribution in [-0.4, -0.2) is 55.6 Å². The van der Waals surface area contributed by atoms with Crippen molar-refractivity contribution < 1.29 is 0 Å². The molecule has 0 bridgehead atoms. The van der Waals surface area contributed by atoms with Crippen LogP contribution < -0.4 is 5.73 Å². The molecule has 2 aliphatic rings. The SMILES string of the molecule is CN1CCN(C)C(CC(N)C2=CCCCC2)C1. The third-order valence-corrected chi connectivity index (χ3v) is 4.31. The van der Waals surface area contributed by atoms with Crippen molar-refractivity contribution in [3.8, 4) is 0 Å². The van der Waals surface area contributed by atoms with Crippen LogP contribution in [0.1, 0.15) is 32.1 Å². The molecule has 0 aromatic rings. The van der Waals surface area contributed by atoms with E-state index in [9.17, 15) is 0 Å². The molecule has 1 heterocycles. The molecule has 1 aliphatic heterocycles. The molecule has 98 valence electrons. The second kappa shape index (κ2) is 5.98. The molecule has 0 saturated carbocycles. The lowest BCUT2D eigenvalue weighted by Gasteiger charge is -2.39. The quantitative estimate of drug-likeness (QED) is 0.754. The molecule has 0 amide bonds. The number of rotatable bonds is 3. The summed E-state index contributed by atoms with van der Waals surface area (Å²) < 4.78 is 0. The third-order valence-electron chi connectivity index (χ3n) is 4.31. The second-order valence-corrected chi connectivity index (χ2v) is 5.76. The molecule has 17 heavy (non-hydrogen) atoms. The standard InChI is InChI=1S/C14H27N3/c1-16-8-9-17(2)13(11-16)10-14(15)12-6-4-3-5-7-12/h6,13-14H,3-5,7-11,15H2,1-2H3. The van der Waals surface area contributed by atoms with E-state index < -0.39 is 0 Å². The summed E-state index contributed by atoms with van der Waals surface area (Å²) in [6, 6.07) is 0.917. The van der Waals surface area contributed by atoms with Gasteiger partial charge < -0.3 is 15.5 Å². The fourth-order valence-electron chi connectivity index (χ4n) is 3.00. The van der Waals surface area contributed by atoms with Gasteiger partial charge in [0.25, 0.3) is 0 Å². The van der Waals surface area contributed by atoms with Crippen LogP contribution in [-0.2, 0) is 0 Å². The maximum atomic E-state index is 6.37. The Labute approximate surface area is 106 Å². The van der Waals surface area contributed by atoms with E-state index in [2.05, 4.69) is 30.0 Å². The minimum Gasteiger partial charge on any atom is -0.324 e. The molecular weight excluding hydrogens is 210 g/mol. The number of nitrogens with zero attached hydrogens (tertiary/aromatic N) is 2.